The Labute approximate surface area is 131 Å². The highest BCUT2D eigenvalue weighted by molar-refractivity contribution is 5.88. The van der Waals surface area contributed by atoms with Crippen molar-refractivity contribution in [3.63, 3.8) is 0 Å². The van der Waals surface area contributed by atoms with Crippen LogP contribution in [0.4, 0.5) is 10.6 Å². The fourth-order valence-corrected chi connectivity index (χ4v) is 2.79. The molecule has 122 valence electrons. The largest absolute Gasteiger partial charge is 0.378 e. The molecule has 2 fully saturated rings. The van der Waals surface area contributed by atoms with E-state index in [9.17, 15) is 4.79 Å². The van der Waals surface area contributed by atoms with Gasteiger partial charge in [-0.05, 0) is 38.0 Å². The molecule has 0 unspecified atom stereocenters. The van der Waals surface area contributed by atoms with Crippen LogP contribution < -0.4 is 5.32 Å². The van der Waals surface area contributed by atoms with Crippen LogP contribution in [0.1, 0.15) is 38.3 Å². The molecule has 0 radical (unpaired) electrons. The molecule has 1 aliphatic carbocycles. The van der Waals surface area contributed by atoms with Gasteiger partial charge in [0.2, 0.25) is 0 Å². The Morgan fingerprint density at radius 2 is 2.09 bits per heavy atom. The number of hydrogen-bond acceptors (Lipinski definition) is 3. The SMILES string of the molecule is CCc1cc(NC(=O)N2CCC(OCC3CC3)CC2)n(C)n1. The van der Waals surface area contributed by atoms with E-state index in [1.807, 2.05) is 18.0 Å². The Hall–Kier alpha value is -1.56. The van der Waals surface area contributed by atoms with Crippen molar-refractivity contribution < 1.29 is 9.53 Å². The molecule has 1 N–H and O–H groups in total. The van der Waals surface area contributed by atoms with Gasteiger partial charge in [0.1, 0.15) is 5.82 Å². The minimum Gasteiger partial charge on any atom is -0.378 e. The van der Waals surface area contributed by atoms with Gasteiger partial charge in [-0.25, -0.2) is 4.79 Å². The van der Waals surface area contributed by atoms with E-state index in [1.165, 1.54) is 12.8 Å². The number of amides is 2. The maximum absolute atomic E-state index is 12.3. The number of rotatable bonds is 5. The summed E-state index contributed by atoms with van der Waals surface area (Å²) < 4.78 is 7.64. The number of carbonyl (C=O) groups excluding carboxylic acids is 1. The van der Waals surface area contributed by atoms with Crippen LogP contribution in [-0.2, 0) is 18.2 Å². The third kappa shape index (κ3) is 3.80. The number of urea groups is 1. The topological polar surface area (TPSA) is 59.4 Å². The van der Waals surface area contributed by atoms with Crippen molar-refractivity contribution in [2.24, 2.45) is 13.0 Å². The second-order valence-electron chi connectivity index (χ2n) is 6.39. The molecule has 6 nitrogen and oxygen atoms in total. The minimum absolute atomic E-state index is 0.0358. The highest BCUT2D eigenvalue weighted by atomic mass is 16.5. The third-order valence-corrected chi connectivity index (χ3v) is 4.52. The monoisotopic (exact) mass is 306 g/mol. The van der Waals surface area contributed by atoms with E-state index in [0.29, 0.717) is 6.10 Å². The highest BCUT2D eigenvalue weighted by Gasteiger charge is 2.27. The number of nitrogens with zero attached hydrogens (tertiary/aromatic N) is 3. The van der Waals surface area contributed by atoms with Crippen molar-refractivity contribution in [1.82, 2.24) is 14.7 Å². The predicted molar refractivity (Wildman–Crippen MR) is 84.9 cm³/mol. The van der Waals surface area contributed by atoms with Crippen LogP contribution in [0.3, 0.4) is 0 Å². The summed E-state index contributed by atoms with van der Waals surface area (Å²) in [5.41, 5.74) is 0.991. The third-order valence-electron chi connectivity index (χ3n) is 4.52. The molecule has 2 aliphatic rings. The fourth-order valence-electron chi connectivity index (χ4n) is 2.79. The summed E-state index contributed by atoms with van der Waals surface area (Å²) in [7, 11) is 1.85. The predicted octanol–water partition coefficient (Wildman–Crippen LogP) is 2.41. The van der Waals surface area contributed by atoms with E-state index in [-0.39, 0.29) is 6.03 Å². The molecule has 1 aromatic heterocycles. The van der Waals surface area contributed by atoms with Gasteiger partial charge in [0.25, 0.3) is 0 Å². The van der Waals surface area contributed by atoms with Gasteiger partial charge in [0, 0.05) is 32.8 Å². The lowest BCUT2D eigenvalue weighted by Crippen LogP contribution is -2.43. The number of carbonyl (C=O) groups is 1. The molecule has 2 heterocycles. The van der Waals surface area contributed by atoms with Gasteiger partial charge in [-0.15, -0.1) is 0 Å². The van der Waals surface area contributed by atoms with Gasteiger partial charge >= 0.3 is 6.03 Å². The van der Waals surface area contributed by atoms with Crippen LogP contribution in [0.15, 0.2) is 6.07 Å². The molecule has 1 aliphatic heterocycles. The van der Waals surface area contributed by atoms with E-state index < -0.39 is 0 Å². The molecule has 1 saturated heterocycles. The average Bonchev–Trinajstić information content (AvgIpc) is 3.29. The molecule has 22 heavy (non-hydrogen) atoms. The van der Waals surface area contributed by atoms with Gasteiger partial charge in [-0.1, -0.05) is 6.92 Å². The number of nitrogens with one attached hydrogen (secondary N) is 1. The van der Waals surface area contributed by atoms with E-state index in [2.05, 4.69) is 17.3 Å². The van der Waals surface area contributed by atoms with Crippen molar-refractivity contribution in [3.05, 3.63) is 11.8 Å². The number of ether oxygens (including phenoxy) is 1. The van der Waals surface area contributed by atoms with Crippen molar-refractivity contribution in [2.75, 3.05) is 25.0 Å². The first-order chi connectivity index (χ1) is 10.7. The fraction of sp³-hybridized carbons (Fsp3) is 0.750. The lowest BCUT2D eigenvalue weighted by molar-refractivity contribution is 0.0105. The minimum atomic E-state index is -0.0358. The van der Waals surface area contributed by atoms with Crippen LogP contribution in [0.25, 0.3) is 0 Å². The van der Waals surface area contributed by atoms with Crippen LogP contribution >= 0.6 is 0 Å². The maximum atomic E-state index is 12.3. The number of hydrogen-bond donors (Lipinski definition) is 1. The lowest BCUT2D eigenvalue weighted by atomic mass is 10.1. The second kappa shape index (κ2) is 6.69. The summed E-state index contributed by atoms with van der Waals surface area (Å²) in [6, 6.07) is 1.90. The molecule has 0 spiro atoms. The molecule has 1 aromatic rings. The molecular weight excluding hydrogens is 280 g/mol. The van der Waals surface area contributed by atoms with Crippen LogP contribution in [-0.4, -0.2) is 46.5 Å². The lowest BCUT2D eigenvalue weighted by Gasteiger charge is -2.31. The summed E-state index contributed by atoms with van der Waals surface area (Å²) in [4.78, 5) is 14.2. The Bertz CT molecular complexity index is 516. The van der Waals surface area contributed by atoms with Gasteiger partial charge in [0.05, 0.1) is 11.8 Å². The van der Waals surface area contributed by atoms with E-state index >= 15 is 0 Å². The van der Waals surface area contributed by atoms with E-state index in [4.69, 9.17) is 4.74 Å². The number of likely N-dealkylation sites (tertiary alicyclic amines) is 1. The summed E-state index contributed by atoms with van der Waals surface area (Å²) in [5, 5.41) is 7.31. The normalized spacial score (nSPS) is 19.5. The summed E-state index contributed by atoms with van der Waals surface area (Å²) in [6.45, 7) is 4.49. The van der Waals surface area contributed by atoms with Crippen molar-refractivity contribution in [2.45, 2.75) is 45.1 Å². The molecule has 6 heteroatoms. The maximum Gasteiger partial charge on any atom is 0.323 e. The zero-order chi connectivity index (χ0) is 15.5. The summed E-state index contributed by atoms with van der Waals surface area (Å²) in [6.07, 6.45) is 5.72. The average molecular weight is 306 g/mol. The first-order valence-electron chi connectivity index (χ1n) is 8.36. The first-order valence-corrected chi connectivity index (χ1v) is 8.36. The molecule has 3 rings (SSSR count). The highest BCUT2D eigenvalue weighted by Crippen LogP contribution is 2.30. The van der Waals surface area contributed by atoms with Crippen molar-refractivity contribution >= 4 is 11.8 Å². The number of anilines is 1. The van der Waals surface area contributed by atoms with Crippen LogP contribution in [0, 0.1) is 5.92 Å². The summed E-state index contributed by atoms with van der Waals surface area (Å²) >= 11 is 0. The van der Waals surface area contributed by atoms with Crippen LogP contribution in [0.2, 0.25) is 0 Å². The van der Waals surface area contributed by atoms with Crippen molar-refractivity contribution in [1.29, 1.82) is 0 Å². The number of piperidine rings is 1. The standard InChI is InChI=1S/C16H26N4O2/c1-3-13-10-15(19(2)18-13)17-16(21)20-8-6-14(7-9-20)22-11-12-4-5-12/h10,12,14H,3-9,11H2,1-2H3,(H,17,21). The Balaban J connectivity index is 1.45. The first kappa shape index (κ1) is 15.3. The Morgan fingerprint density at radius 3 is 2.68 bits per heavy atom. The molecule has 0 aromatic carbocycles. The Morgan fingerprint density at radius 1 is 1.36 bits per heavy atom. The molecule has 2 amide bonds. The van der Waals surface area contributed by atoms with Crippen LogP contribution in [0.5, 0.6) is 0 Å². The number of aryl methyl sites for hydroxylation is 2. The zero-order valence-corrected chi connectivity index (χ0v) is 13.5. The van der Waals surface area contributed by atoms with Gasteiger partial charge in [-0.3, -0.25) is 10.00 Å². The quantitative estimate of drug-likeness (QED) is 0.909. The molecule has 0 atom stereocenters. The van der Waals surface area contributed by atoms with Gasteiger partial charge in [0.15, 0.2) is 0 Å². The van der Waals surface area contributed by atoms with Gasteiger partial charge in [-0.2, -0.15) is 5.10 Å². The second-order valence-corrected chi connectivity index (χ2v) is 6.39. The number of aromatic nitrogens is 2. The smallest absolute Gasteiger partial charge is 0.323 e. The summed E-state index contributed by atoms with van der Waals surface area (Å²) in [5.74, 6) is 1.56. The van der Waals surface area contributed by atoms with Gasteiger partial charge < -0.3 is 9.64 Å². The zero-order valence-electron chi connectivity index (χ0n) is 13.5. The molecule has 0 bridgehead atoms. The molecular formula is C16H26N4O2. The Kier molecular flexibility index (Phi) is 4.66. The molecule has 1 saturated carbocycles. The van der Waals surface area contributed by atoms with E-state index in [1.54, 1.807) is 4.68 Å². The van der Waals surface area contributed by atoms with E-state index in [0.717, 1.165) is 56.4 Å². The van der Waals surface area contributed by atoms with Crippen molar-refractivity contribution in [3.8, 4) is 0 Å².